The van der Waals surface area contributed by atoms with E-state index in [1.54, 1.807) is 12.1 Å². The second-order valence-electron chi connectivity index (χ2n) is 9.24. The molecule has 7 heteroatoms. The molecule has 4 rings (SSSR count). The van der Waals surface area contributed by atoms with Crippen molar-refractivity contribution in [2.24, 2.45) is 0 Å². The minimum Gasteiger partial charge on any atom is -0.398 e. The molecule has 5 nitrogen and oxygen atoms in total. The van der Waals surface area contributed by atoms with Gasteiger partial charge in [0.2, 0.25) is 0 Å². The van der Waals surface area contributed by atoms with Crippen LogP contribution in [0.15, 0.2) is 47.4 Å². The van der Waals surface area contributed by atoms with Gasteiger partial charge in [-0.3, -0.25) is 0 Å². The highest BCUT2D eigenvalue weighted by Crippen LogP contribution is 2.37. The molecule has 1 saturated heterocycles. The lowest BCUT2D eigenvalue weighted by atomic mass is 9.85. The maximum Gasteiger partial charge on any atom is 0.513 e. The average Bonchev–Trinajstić information content (AvgIpc) is 3.10. The van der Waals surface area contributed by atoms with Crippen molar-refractivity contribution in [3.8, 4) is 0 Å². The first-order chi connectivity index (χ1) is 13.8. The Morgan fingerprint density at radius 3 is 1.93 bits per heavy atom. The van der Waals surface area contributed by atoms with Crippen molar-refractivity contribution in [1.82, 2.24) is 3.97 Å². The van der Waals surface area contributed by atoms with E-state index >= 15 is 0 Å². The van der Waals surface area contributed by atoms with Crippen LogP contribution in [0.4, 0.5) is 0 Å². The van der Waals surface area contributed by atoms with Crippen LogP contribution >= 0.6 is 0 Å². The number of aromatic nitrogens is 1. The molecule has 0 saturated carbocycles. The van der Waals surface area contributed by atoms with Crippen molar-refractivity contribution in [1.29, 1.82) is 0 Å². The summed E-state index contributed by atoms with van der Waals surface area (Å²) in [7, 11) is -4.64. The van der Waals surface area contributed by atoms with Gasteiger partial charge in [-0.25, -0.2) is 12.4 Å². The molecular weight excluding hydrogens is 397 g/mol. The van der Waals surface area contributed by atoms with Gasteiger partial charge in [-0.2, -0.15) is 0 Å². The molecule has 0 bridgehead atoms. The van der Waals surface area contributed by atoms with Gasteiger partial charge in [0, 0.05) is 5.39 Å². The Morgan fingerprint density at radius 2 is 1.37 bits per heavy atom. The van der Waals surface area contributed by atoms with E-state index in [1.807, 2.05) is 78.8 Å². The molecule has 158 valence electrons. The van der Waals surface area contributed by atoms with Crippen molar-refractivity contribution in [3.63, 3.8) is 0 Å². The summed E-state index contributed by atoms with van der Waals surface area (Å²) in [6.45, 7) is 13.8. The molecule has 0 N–H and O–H groups in total. The lowest BCUT2D eigenvalue weighted by Crippen LogP contribution is -2.41. The van der Waals surface area contributed by atoms with Crippen LogP contribution in [0.1, 0.15) is 44.4 Å². The van der Waals surface area contributed by atoms with Gasteiger partial charge in [-0.05, 0) is 89.9 Å². The van der Waals surface area contributed by atoms with E-state index in [-0.39, 0.29) is 4.90 Å². The summed E-state index contributed by atoms with van der Waals surface area (Å²) in [4.78, 5) is 0.238. The zero-order valence-electron chi connectivity index (χ0n) is 18.6. The van der Waals surface area contributed by atoms with E-state index in [9.17, 15) is 8.42 Å². The molecule has 30 heavy (non-hydrogen) atoms. The fraction of sp³-hybridized carbons (Fsp3) is 0.391. The molecule has 2 aromatic carbocycles. The highest BCUT2D eigenvalue weighted by Gasteiger charge is 2.53. The van der Waals surface area contributed by atoms with Crippen molar-refractivity contribution >= 4 is 33.6 Å². The van der Waals surface area contributed by atoms with Gasteiger partial charge in [-0.1, -0.05) is 17.7 Å². The van der Waals surface area contributed by atoms with Gasteiger partial charge in [0.25, 0.3) is 10.0 Å². The van der Waals surface area contributed by atoms with Crippen LogP contribution in [0.25, 0.3) is 10.9 Å². The number of benzene rings is 2. The lowest BCUT2D eigenvalue weighted by molar-refractivity contribution is 0.00578. The molecular formula is C23H28BNO4S. The molecule has 1 aliphatic heterocycles. The van der Waals surface area contributed by atoms with Gasteiger partial charge in [0.1, 0.15) is 0 Å². The Hall–Kier alpha value is -2.09. The second-order valence-corrected chi connectivity index (χ2v) is 11.0. The quantitative estimate of drug-likeness (QED) is 0.593. The summed E-state index contributed by atoms with van der Waals surface area (Å²) in [6.07, 6.45) is 0. The van der Waals surface area contributed by atoms with Crippen molar-refractivity contribution in [2.75, 3.05) is 0 Å². The molecule has 1 aliphatic rings. The molecule has 0 amide bonds. The Labute approximate surface area is 179 Å². The number of fused-ring (bicyclic) bond motifs is 1. The Bertz CT molecular complexity index is 1220. The third-order valence-electron chi connectivity index (χ3n) is 6.45. The molecule has 0 unspecified atom stereocenters. The maximum absolute atomic E-state index is 13.8. The third kappa shape index (κ3) is 3.20. The van der Waals surface area contributed by atoms with E-state index in [0.717, 1.165) is 22.1 Å². The number of hydrogen-bond donors (Lipinski definition) is 0. The first-order valence-corrected chi connectivity index (χ1v) is 11.6. The number of aryl methyl sites for hydroxylation is 3. The molecule has 1 aromatic heterocycles. The van der Waals surface area contributed by atoms with Crippen LogP contribution < -0.4 is 5.59 Å². The fourth-order valence-electron chi connectivity index (χ4n) is 3.68. The largest absolute Gasteiger partial charge is 0.513 e. The highest BCUT2D eigenvalue weighted by atomic mass is 32.2. The van der Waals surface area contributed by atoms with E-state index in [4.69, 9.17) is 9.31 Å². The van der Waals surface area contributed by atoms with Crippen LogP contribution in [0.2, 0.25) is 0 Å². The predicted octanol–water partition coefficient (Wildman–Crippen LogP) is 4.10. The zero-order chi connectivity index (χ0) is 22.1. The fourth-order valence-corrected chi connectivity index (χ4v) is 5.21. The van der Waals surface area contributed by atoms with E-state index in [0.29, 0.717) is 11.1 Å². The molecule has 3 aromatic rings. The van der Waals surface area contributed by atoms with Crippen molar-refractivity contribution in [3.05, 3.63) is 59.2 Å². The molecule has 2 heterocycles. The van der Waals surface area contributed by atoms with Gasteiger partial charge < -0.3 is 9.31 Å². The van der Waals surface area contributed by atoms with E-state index in [2.05, 4.69) is 0 Å². The summed E-state index contributed by atoms with van der Waals surface area (Å²) in [6, 6.07) is 12.7. The summed E-state index contributed by atoms with van der Waals surface area (Å²) in [5, 5.41) is 0.846. The Kier molecular flexibility index (Phi) is 4.73. The van der Waals surface area contributed by atoms with Gasteiger partial charge in [0.15, 0.2) is 0 Å². The normalized spacial score (nSPS) is 18.3. The van der Waals surface area contributed by atoms with Crippen molar-refractivity contribution < 1.29 is 17.7 Å². The number of nitrogens with zero attached hydrogens (tertiary/aromatic N) is 1. The highest BCUT2D eigenvalue weighted by molar-refractivity contribution is 7.90. The van der Waals surface area contributed by atoms with E-state index in [1.165, 1.54) is 3.97 Å². The summed E-state index contributed by atoms with van der Waals surface area (Å²) < 4.78 is 41.4. The van der Waals surface area contributed by atoms with Crippen LogP contribution in [0.5, 0.6) is 0 Å². The van der Waals surface area contributed by atoms with Crippen LogP contribution in [0.3, 0.4) is 0 Å². The SMILES string of the molecule is Cc1ccc(S(=O)(=O)n2c(B3OC(C)(C)C(C)(C)O3)cc3cc(C)c(C)cc32)cc1. The zero-order valence-corrected chi connectivity index (χ0v) is 19.4. The minimum absolute atomic E-state index is 0.238. The average molecular weight is 425 g/mol. The summed E-state index contributed by atoms with van der Waals surface area (Å²) in [5.74, 6) is 0. The van der Waals surface area contributed by atoms with Crippen LogP contribution in [-0.2, 0) is 19.3 Å². The predicted molar refractivity (Wildman–Crippen MR) is 121 cm³/mol. The molecule has 0 aliphatic carbocycles. The standard InChI is InChI=1S/C23H28BNO4S/c1-15-8-10-19(11-9-15)30(26,27)25-20-13-17(3)16(2)12-18(20)14-21(25)24-28-22(4,5)23(6,7)29-24/h8-14H,1-7H3. The number of hydrogen-bond acceptors (Lipinski definition) is 4. The number of rotatable bonds is 3. The van der Waals surface area contributed by atoms with Crippen LogP contribution in [-0.4, -0.2) is 30.7 Å². The second kappa shape index (κ2) is 6.71. The molecule has 0 spiro atoms. The first kappa shape index (κ1) is 21.2. The topological polar surface area (TPSA) is 57.5 Å². The Morgan fingerprint density at radius 1 is 0.833 bits per heavy atom. The first-order valence-electron chi connectivity index (χ1n) is 10.1. The minimum atomic E-state index is -3.85. The van der Waals surface area contributed by atoms with Gasteiger partial charge in [0.05, 0.1) is 27.2 Å². The van der Waals surface area contributed by atoms with Gasteiger partial charge in [-0.15, -0.1) is 0 Å². The maximum atomic E-state index is 13.8. The van der Waals surface area contributed by atoms with Crippen molar-refractivity contribution in [2.45, 2.75) is 64.6 Å². The van der Waals surface area contributed by atoms with E-state index < -0.39 is 28.3 Å². The summed E-state index contributed by atoms with van der Waals surface area (Å²) in [5.41, 5.74) is 3.10. The molecule has 0 radical (unpaired) electrons. The Balaban J connectivity index is 1.99. The van der Waals surface area contributed by atoms with Crippen LogP contribution in [0, 0.1) is 20.8 Å². The third-order valence-corrected chi connectivity index (χ3v) is 8.21. The lowest BCUT2D eigenvalue weighted by Gasteiger charge is -2.32. The smallest absolute Gasteiger partial charge is 0.398 e. The summed E-state index contributed by atoms with van der Waals surface area (Å²) >= 11 is 0. The molecule has 1 fully saturated rings. The van der Waals surface area contributed by atoms with Gasteiger partial charge >= 0.3 is 7.12 Å². The monoisotopic (exact) mass is 425 g/mol. The molecule has 0 atom stereocenters.